The molecule has 0 aromatic rings. The summed E-state index contributed by atoms with van der Waals surface area (Å²) in [6.45, 7) is 17.2. The van der Waals surface area contributed by atoms with Crippen molar-refractivity contribution in [2.75, 3.05) is 32.8 Å². The van der Waals surface area contributed by atoms with Gasteiger partial charge in [0.25, 0.3) is 0 Å². The van der Waals surface area contributed by atoms with Crippen LogP contribution in [0.5, 0.6) is 0 Å². The summed E-state index contributed by atoms with van der Waals surface area (Å²) in [5.41, 5.74) is 0. The van der Waals surface area contributed by atoms with Gasteiger partial charge in [-0.1, -0.05) is 195 Å². The Morgan fingerprint density at radius 2 is 0.893 bits per heavy atom. The number of aliphatic hydroxyl groups excluding tert-OH is 1. The Labute approximate surface area is 351 Å². The van der Waals surface area contributed by atoms with Crippen LogP contribution in [0.3, 0.4) is 0 Å². The van der Waals surface area contributed by atoms with Crippen LogP contribution in [0.25, 0.3) is 0 Å². The molecule has 0 bridgehead atoms. The Hall–Kier alpha value is -1.07. The van der Waals surface area contributed by atoms with Crippen molar-refractivity contribution in [2.24, 2.45) is 5.92 Å². The summed E-state index contributed by atoms with van der Waals surface area (Å²) in [5.74, 6) is 1.56. The minimum atomic E-state index is 0.0295. The average molecular weight is 792 g/mol. The molecule has 5 heteroatoms. The number of rotatable bonds is 47. The molecule has 0 spiro atoms. The first-order valence-electron chi connectivity index (χ1n) is 25.3. The molecule has 0 rings (SSSR count). The van der Waals surface area contributed by atoms with Gasteiger partial charge in [-0.2, -0.15) is 0 Å². The molecule has 0 heterocycles. The molecule has 1 N–H and O–H groups in total. The second kappa shape index (κ2) is 45.0. The van der Waals surface area contributed by atoms with Crippen LogP contribution in [0.1, 0.15) is 265 Å². The molecule has 0 atom stereocenters. The fraction of sp³-hybridized carbons (Fsp3) is 0.941. The van der Waals surface area contributed by atoms with Crippen LogP contribution in [0, 0.1) is 5.92 Å². The number of carbonyl (C=O) groups is 1. The fourth-order valence-electron chi connectivity index (χ4n) is 8.22. The van der Waals surface area contributed by atoms with E-state index in [-0.39, 0.29) is 12.6 Å². The van der Waals surface area contributed by atoms with Gasteiger partial charge in [0, 0.05) is 19.4 Å². The van der Waals surface area contributed by atoms with Crippen LogP contribution in [0.4, 0.5) is 0 Å². The number of esters is 1. The van der Waals surface area contributed by atoms with Gasteiger partial charge in [-0.25, -0.2) is 0 Å². The number of hydrogen-bond acceptors (Lipinski definition) is 5. The zero-order valence-electron chi connectivity index (χ0n) is 38.7. The van der Waals surface area contributed by atoms with Crippen molar-refractivity contribution < 1.29 is 19.4 Å². The Balaban J connectivity index is 4.08. The summed E-state index contributed by atoms with van der Waals surface area (Å²) in [4.78, 5) is 15.0. The van der Waals surface area contributed by atoms with Gasteiger partial charge < -0.3 is 19.5 Å². The number of carbonyl (C=O) groups excluding carboxylic acids is 1. The van der Waals surface area contributed by atoms with E-state index in [1.54, 1.807) is 0 Å². The first-order chi connectivity index (χ1) is 27.5. The smallest absolute Gasteiger partial charge is 0.306 e. The normalized spacial score (nSPS) is 11.7. The van der Waals surface area contributed by atoms with Gasteiger partial charge in [0.2, 0.25) is 0 Å². The summed E-state index contributed by atoms with van der Waals surface area (Å²) in [6, 6.07) is 0. The van der Waals surface area contributed by atoms with E-state index in [0.29, 0.717) is 25.0 Å². The van der Waals surface area contributed by atoms with Crippen molar-refractivity contribution in [3.8, 4) is 0 Å². The molecule has 0 aliphatic heterocycles. The predicted octanol–water partition coefficient (Wildman–Crippen LogP) is 15.9. The van der Waals surface area contributed by atoms with Gasteiger partial charge in [-0.15, -0.1) is 0 Å². The number of unbranched alkanes of at least 4 members (excludes halogenated alkanes) is 25. The topological polar surface area (TPSA) is 59.0 Å². The summed E-state index contributed by atoms with van der Waals surface area (Å²) < 4.78 is 12.2. The third kappa shape index (κ3) is 39.7. The first-order valence-corrected chi connectivity index (χ1v) is 25.3. The van der Waals surface area contributed by atoms with Gasteiger partial charge >= 0.3 is 5.97 Å². The standard InChI is InChI=1S/C51H101NO4/c1-6-10-14-18-24-32-40-50(41-33-25-19-15-11-7-2)56-48(5)37-29-23-22-27-35-43-52(44-45-53)42-34-26-20-21-28-36-46-55-51(54)47-49(38-30-16-12-8-3)39-31-17-13-9-4/h49-50,53H,5-47H2,1-4H3. The second-order valence-corrected chi connectivity index (χ2v) is 17.6. The quantitative estimate of drug-likeness (QED) is 0.0378. The molecule has 0 aromatic carbocycles. The van der Waals surface area contributed by atoms with Crippen molar-refractivity contribution in [3.63, 3.8) is 0 Å². The lowest BCUT2D eigenvalue weighted by atomic mass is 9.92. The van der Waals surface area contributed by atoms with E-state index in [1.807, 2.05) is 0 Å². The molecule has 0 fully saturated rings. The zero-order chi connectivity index (χ0) is 41.0. The molecular weight excluding hydrogens is 691 g/mol. The Kier molecular flexibility index (Phi) is 44.2. The van der Waals surface area contributed by atoms with E-state index in [4.69, 9.17) is 9.47 Å². The SMILES string of the molecule is C=C(CCCCCCCN(CCO)CCCCCCCCOC(=O)CC(CCCCCC)CCCCCC)OC(CCCCCCCC)CCCCCCCC. The number of hydrogen-bond donors (Lipinski definition) is 1. The predicted molar refractivity (Wildman–Crippen MR) is 246 cm³/mol. The lowest BCUT2D eigenvalue weighted by Gasteiger charge is -2.21. The highest BCUT2D eigenvalue weighted by molar-refractivity contribution is 5.69. The van der Waals surface area contributed by atoms with Gasteiger partial charge in [-0.05, 0) is 83.2 Å². The van der Waals surface area contributed by atoms with Crippen LogP contribution < -0.4 is 0 Å². The van der Waals surface area contributed by atoms with Crippen LogP contribution in [-0.2, 0) is 14.3 Å². The van der Waals surface area contributed by atoms with Crippen molar-refractivity contribution in [1.82, 2.24) is 4.90 Å². The minimum Gasteiger partial charge on any atom is -0.495 e. The van der Waals surface area contributed by atoms with E-state index in [9.17, 15) is 9.90 Å². The maximum atomic E-state index is 12.6. The molecule has 334 valence electrons. The monoisotopic (exact) mass is 792 g/mol. The number of allylic oxidation sites excluding steroid dienone is 1. The Morgan fingerprint density at radius 1 is 0.500 bits per heavy atom. The Morgan fingerprint density at radius 3 is 1.38 bits per heavy atom. The van der Waals surface area contributed by atoms with Crippen molar-refractivity contribution >= 4 is 5.97 Å². The highest BCUT2D eigenvalue weighted by atomic mass is 16.5. The third-order valence-corrected chi connectivity index (χ3v) is 12.0. The molecule has 0 saturated carbocycles. The minimum absolute atomic E-state index is 0.0295. The number of ether oxygens (including phenoxy) is 2. The second-order valence-electron chi connectivity index (χ2n) is 17.6. The summed E-state index contributed by atoms with van der Waals surface area (Å²) in [7, 11) is 0. The van der Waals surface area contributed by atoms with E-state index in [1.165, 1.54) is 212 Å². The van der Waals surface area contributed by atoms with E-state index >= 15 is 0 Å². The molecule has 0 unspecified atom stereocenters. The zero-order valence-corrected chi connectivity index (χ0v) is 38.7. The molecule has 5 nitrogen and oxygen atoms in total. The molecule has 0 aromatic heterocycles. The van der Waals surface area contributed by atoms with Crippen LogP contribution >= 0.6 is 0 Å². The molecule has 0 aliphatic rings. The highest BCUT2D eigenvalue weighted by Gasteiger charge is 2.15. The summed E-state index contributed by atoms with van der Waals surface area (Å²) in [5, 5.41) is 9.63. The van der Waals surface area contributed by atoms with Crippen molar-refractivity contribution in [2.45, 2.75) is 271 Å². The Bertz CT molecular complexity index is 775. The molecule has 0 saturated heterocycles. The van der Waals surface area contributed by atoms with E-state index in [0.717, 1.165) is 44.7 Å². The molecule has 56 heavy (non-hydrogen) atoms. The van der Waals surface area contributed by atoms with Crippen LogP contribution in [-0.4, -0.2) is 54.9 Å². The molecule has 0 amide bonds. The van der Waals surface area contributed by atoms with E-state index < -0.39 is 0 Å². The maximum Gasteiger partial charge on any atom is 0.306 e. The van der Waals surface area contributed by atoms with Gasteiger partial charge in [0.05, 0.1) is 25.1 Å². The molecular formula is C51H101NO4. The van der Waals surface area contributed by atoms with E-state index in [2.05, 4.69) is 39.2 Å². The summed E-state index contributed by atoms with van der Waals surface area (Å²) in [6.07, 6.45) is 46.4. The third-order valence-electron chi connectivity index (χ3n) is 12.0. The van der Waals surface area contributed by atoms with Crippen molar-refractivity contribution in [3.05, 3.63) is 12.3 Å². The van der Waals surface area contributed by atoms with Gasteiger partial charge in [0.15, 0.2) is 0 Å². The van der Waals surface area contributed by atoms with Crippen LogP contribution in [0.15, 0.2) is 12.3 Å². The lowest BCUT2D eigenvalue weighted by molar-refractivity contribution is -0.145. The average Bonchev–Trinajstić information content (AvgIpc) is 3.19. The fourth-order valence-corrected chi connectivity index (χ4v) is 8.22. The lowest BCUT2D eigenvalue weighted by Crippen LogP contribution is -2.29. The van der Waals surface area contributed by atoms with Gasteiger partial charge in [-0.3, -0.25) is 4.79 Å². The largest absolute Gasteiger partial charge is 0.495 e. The van der Waals surface area contributed by atoms with Gasteiger partial charge in [0.1, 0.15) is 0 Å². The van der Waals surface area contributed by atoms with Crippen LogP contribution in [0.2, 0.25) is 0 Å². The number of aliphatic hydroxyl groups is 1. The summed E-state index contributed by atoms with van der Waals surface area (Å²) >= 11 is 0. The highest BCUT2D eigenvalue weighted by Crippen LogP contribution is 2.23. The molecule has 0 aliphatic carbocycles. The maximum absolute atomic E-state index is 12.6. The number of nitrogens with zero attached hydrogens (tertiary/aromatic N) is 1. The molecule has 0 radical (unpaired) electrons. The first kappa shape index (κ1) is 54.9. The van der Waals surface area contributed by atoms with Crippen molar-refractivity contribution in [1.29, 1.82) is 0 Å².